The maximum absolute atomic E-state index is 13.7. The molecule has 264 valence electrons. The Morgan fingerprint density at radius 3 is 2.35 bits per heavy atom. The van der Waals surface area contributed by atoms with Crippen molar-refractivity contribution in [1.82, 2.24) is 0 Å². The Kier molecular flexibility index (Phi) is 14.0. The van der Waals surface area contributed by atoms with E-state index in [-0.39, 0.29) is 25.7 Å². The van der Waals surface area contributed by atoms with Gasteiger partial charge in [-0.2, -0.15) is 0 Å². The summed E-state index contributed by atoms with van der Waals surface area (Å²) in [6.45, 7) is 12.3. The van der Waals surface area contributed by atoms with Gasteiger partial charge >= 0.3 is 6.09 Å². The molecule has 0 spiro atoms. The Morgan fingerprint density at radius 1 is 0.939 bits per heavy atom. The molecular weight excluding hydrogens is 694 g/mol. The van der Waals surface area contributed by atoms with Crippen LogP contribution in [0.1, 0.15) is 47.8 Å². The van der Waals surface area contributed by atoms with Crippen LogP contribution < -0.4 is 19.3 Å². The van der Waals surface area contributed by atoms with Gasteiger partial charge in [-0.3, -0.25) is 14.7 Å². The number of aliphatic imine (C=N–C) groups is 1. The summed E-state index contributed by atoms with van der Waals surface area (Å²) in [7, 11) is 3.15. The number of nitrogens with zero attached hydrogens (tertiary/aromatic N) is 3. The summed E-state index contributed by atoms with van der Waals surface area (Å²) in [5, 5.41) is 0.551. The average molecular weight is 741 g/mol. The molecular formula is C37H46BrN3O8. The normalized spacial score (nSPS) is 12.4. The lowest BCUT2D eigenvalue weighted by molar-refractivity contribution is 0.0252. The van der Waals surface area contributed by atoms with Crippen LogP contribution >= 0.6 is 15.9 Å². The second-order valence-electron chi connectivity index (χ2n) is 12.3. The van der Waals surface area contributed by atoms with Gasteiger partial charge in [0.15, 0.2) is 11.5 Å². The van der Waals surface area contributed by atoms with E-state index in [4.69, 9.17) is 28.4 Å². The van der Waals surface area contributed by atoms with Crippen molar-refractivity contribution >= 4 is 51.7 Å². The van der Waals surface area contributed by atoms with E-state index in [0.29, 0.717) is 66.7 Å². The van der Waals surface area contributed by atoms with Crippen molar-refractivity contribution in [1.29, 1.82) is 0 Å². The van der Waals surface area contributed by atoms with Crippen LogP contribution in [0.15, 0.2) is 59.6 Å². The van der Waals surface area contributed by atoms with Crippen molar-refractivity contribution < 1.29 is 38.0 Å². The average Bonchev–Trinajstić information content (AvgIpc) is 3.52. The molecule has 1 aliphatic heterocycles. The van der Waals surface area contributed by atoms with E-state index < -0.39 is 11.7 Å². The maximum Gasteiger partial charge on any atom is 0.414 e. The van der Waals surface area contributed by atoms with Crippen molar-refractivity contribution in [3.8, 4) is 11.5 Å². The van der Waals surface area contributed by atoms with Gasteiger partial charge in [0.25, 0.3) is 5.91 Å². The first-order valence-corrected chi connectivity index (χ1v) is 17.3. The van der Waals surface area contributed by atoms with E-state index in [1.165, 1.54) is 7.11 Å². The number of alkyl halides is 1. The number of rotatable bonds is 17. The fourth-order valence-corrected chi connectivity index (χ4v) is 5.63. The number of halogens is 1. The number of benzene rings is 3. The van der Waals surface area contributed by atoms with Gasteiger partial charge in [0.2, 0.25) is 0 Å². The van der Waals surface area contributed by atoms with Gasteiger partial charge in [0.05, 0.1) is 57.9 Å². The standard InChI is InChI=1S/C37H46BrN3O8/c1-37(2,3)49-36(43)40(13-14-46-17-18-47-16-15-44-5)29-20-26(24-38)19-27(21-29)25-48-34-23-31(39-4)30(22-33(34)45-6)35(42)41-12-11-28-9-7-8-10-32(28)41/h7-10,19-23H,4,11-18,24-25H2,1-3,5-6H3. The third kappa shape index (κ3) is 10.5. The molecule has 0 N–H and O–H groups in total. The number of para-hydroxylation sites is 1. The Hall–Kier alpha value is -3.97. The van der Waals surface area contributed by atoms with Crippen LogP contribution in [0.2, 0.25) is 0 Å². The van der Waals surface area contributed by atoms with Gasteiger partial charge in [-0.15, -0.1) is 0 Å². The minimum Gasteiger partial charge on any atom is -0.493 e. The molecule has 11 nitrogen and oxygen atoms in total. The summed E-state index contributed by atoms with van der Waals surface area (Å²) < 4.78 is 33.9. The number of carbonyl (C=O) groups is 2. The van der Waals surface area contributed by atoms with E-state index in [2.05, 4.69) is 27.6 Å². The molecule has 3 aromatic rings. The van der Waals surface area contributed by atoms with Crippen molar-refractivity contribution in [2.75, 3.05) is 70.1 Å². The first-order valence-electron chi connectivity index (χ1n) is 16.1. The second-order valence-corrected chi connectivity index (χ2v) is 12.9. The van der Waals surface area contributed by atoms with Crippen LogP contribution in [0.3, 0.4) is 0 Å². The highest BCUT2D eigenvalue weighted by atomic mass is 79.9. The zero-order valence-electron chi connectivity index (χ0n) is 29.0. The number of methoxy groups -OCH3 is 2. The van der Waals surface area contributed by atoms with E-state index in [0.717, 1.165) is 28.8 Å². The number of anilines is 2. The summed E-state index contributed by atoms with van der Waals surface area (Å²) in [6.07, 6.45) is 0.296. The lowest BCUT2D eigenvalue weighted by Gasteiger charge is -2.28. The molecule has 0 bridgehead atoms. The summed E-state index contributed by atoms with van der Waals surface area (Å²) in [6, 6.07) is 17.0. The number of hydrogen-bond acceptors (Lipinski definition) is 9. The van der Waals surface area contributed by atoms with Crippen LogP contribution in [0, 0.1) is 0 Å². The van der Waals surface area contributed by atoms with E-state index in [1.54, 1.807) is 29.0 Å². The highest BCUT2D eigenvalue weighted by Gasteiger charge is 2.28. The second kappa shape index (κ2) is 18.1. The van der Waals surface area contributed by atoms with Gasteiger partial charge in [-0.1, -0.05) is 40.2 Å². The van der Waals surface area contributed by atoms with Crippen molar-refractivity contribution in [3.05, 3.63) is 76.9 Å². The summed E-state index contributed by atoms with van der Waals surface area (Å²) in [4.78, 5) is 34.6. The molecule has 0 saturated heterocycles. The zero-order valence-corrected chi connectivity index (χ0v) is 30.5. The van der Waals surface area contributed by atoms with Gasteiger partial charge in [0, 0.05) is 36.4 Å². The fraction of sp³-hybridized carbons (Fsp3) is 0.432. The molecule has 4 rings (SSSR count). The molecule has 0 aliphatic carbocycles. The first-order chi connectivity index (χ1) is 23.6. The predicted octanol–water partition coefficient (Wildman–Crippen LogP) is 7.13. The Balaban J connectivity index is 1.53. The summed E-state index contributed by atoms with van der Waals surface area (Å²) in [5.41, 5.74) is 4.46. The molecule has 1 heterocycles. The molecule has 3 aromatic carbocycles. The Morgan fingerprint density at radius 2 is 1.65 bits per heavy atom. The molecule has 0 aromatic heterocycles. The minimum atomic E-state index is -0.691. The largest absolute Gasteiger partial charge is 0.493 e. The summed E-state index contributed by atoms with van der Waals surface area (Å²) >= 11 is 3.56. The quantitative estimate of drug-likeness (QED) is 0.0818. The Bertz CT molecular complexity index is 1590. The van der Waals surface area contributed by atoms with Crippen LogP contribution in [0.4, 0.5) is 21.9 Å². The van der Waals surface area contributed by atoms with Crippen LogP contribution in [-0.4, -0.2) is 84.7 Å². The third-order valence-corrected chi connectivity index (χ3v) is 8.24. The molecule has 0 saturated carbocycles. The van der Waals surface area contributed by atoms with Gasteiger partial charge < -0.3 is 33.3 Å². The highest BCUT2D eigenvalue weighted by molar-refractivity contribution is 9.08. The number of amides is 2. The van der Waals surface area contributed by atoms with Crippen LogP contribution in [-0.2, 0) is 37.3 Å². The fourth-order valence-electron chi connectivity index (χ4n) is 5.30. The van der Waals surface area contributed by atoms with Crippen LogP contribution in [0.25, 0.3) is 0 Å². The number of ether oxygens (including phenoxy) is 6. The van der Waals surface area contributed by atoms with Crippen molar-refractivity contribution in [2.45, 2.75) is 44.7 Å². The van der Waals surface area contributed by atoms with E-state index >= 15 is 0 Å². The van der Waals surface area contributed by atoms with Gasteiger partial charge in [-0.25, -0.2) is 4.79 Å². The smallest absolute Gasteiger partial charge is 0.414 e. The molecule has 0 radical (unpaired) electrons. The highest BCUT2D eigenvalue weighted by Crippen LogP contribution is 2.38. The first kappa shape index (κ1) is 37.8. The molecule has 2 amide bonds. The maximum atomic E-state index is 13.7. The van der Waals surface area contributed by atoms with Crippen LogP contribution in [0.5, 0.6) is 11.5 Å². The molecule has 1 aliphatic rings. The zero-order chi connectivity index (χ0) is 35.4. The van der Waals surface area contributed by atoms with Crippen molar-refractivity contribution in [2.24, 2.45) is 4.99 Å². The number of fused-ring (bicyclic) bond motifs is 1. The minimum absolute atomic E-state index is 0.144. The number of carbonyl (C=O) groups excluding carboxylic acids is 2. The SMILES string of the molecule is C=Nc1cc(OCc2cc(CBr)cc(N(CCOCCOCCOC)C(=O)OC(C)(C)C)c2)c(OC)cc1C(=O)N1CCc2ccccc21. The topological polar surface area (TPSA) is 108 Å². The van der Waals surface area contributed by atoms with E-state index in [9.17, 15) is 9.59 Å². The molecule has 49 heavy (non-hydrogen) atoms. The lowest BCUT2D eigenvalue weighted by atomic mass is 10.1. The number of hydrogen-bond donors (Lipinski definition) is 0. The van der Waals surface area contributed by atoms with Crippen molar-refractivity contribution in [3.63, 3.8) is 0 Å². The Labute approximate surface area is 297 Å². The van der Waals surface area contributed by atoms with E-state index in [1.807, 2.05) is 63.2 Å². The molecule has 0 atom stereocenters. The monoisotopic (exact) mass is 739 g/mol. The predicted molar refractivity (Wildman–Crippen MR) is 195 cm³/mol. The molecule has 12 heteroatoms. The van der Waals surface area contributed by atoms with Gasteiger partial charge in [0.1, 0.15) is 12.2 Å². The van der Waals surface area contributed by atoms with Gasteiger partial charge in [-0.05, 0) is 74.9 Å². The third-order valence-electron chi connectivity index (χ3n) is 7.59. The lowest BCUT2D eigenvalue weighted by Crippen LogP contribution is -2.39. The summed E-state index contributed by atoms with van der Waals surface area (Å²) in [5.74, 6) is 0.606. The molecule has 0 fully saturated rings. The molecule has 0 unspecified atom stereocenters.